The van der Waals surface area contributed by atoms with Gasteiger partial charge in [-0.25, -0.2) is 4.79 Å². The van der Waals surface area contributed by atoms with E-state index in [0.717, 1.165) is 27.9 Å². The highest BCUT2D eigenvalue weighted by molar-refractivity contribution is 8.26. The molecule has 0 unspecified atom stereocenters. The Hall–Kier alpha value is -2.39. The average molecular weight is 380 g/mol. The van der Waals surface area contributed by atoms with Crippen molar-refractivity contribution in [1.29, 1.82) is 0 Å². The van der Waals surface area contributed by atoms with Gasteiger partial charge in [-0.15, -0.1) is 0 Å². The van der Waals surface area contributed by atoms with Gasteiger partial charge in [-0.1, -0.05) is 36.1 Å². The summed E-state index contributed by atoms with van der Waals surface area (Å²) in [5.74, 6) is -3.32. The molecule has 25 heavy (non-hydrogen) atoms. The molecule has 1 atom stereocenters. The van der Waals surface area contributed by atoms with Crippen LogP contribution in [0.15, 0.2) is 29.2 Å². The quantitative estimate of drug-likeness (QED) is 0.570. The number of carboxylic acids is 2. The number of carboxylic acid groups (broad SMARTS) is 2. The van der Waals surface area contributed by atoms with Crippen LogP contribution in [0.3, 0.4) is 0 Å². The summed E-state index contributed by atoms with van der Waals surface area (Å²) in [6.07, 6.45) is 0.894. The van der Waals surface area contributed by atoms with Gasteiger partial charge in [0.25, 0.3) is 5.91 Å². The molecule has 1 aliphatic heterocycles. The van der Waals surface area contributed by atoms with Crippen LogP contribution in [0.5, 0.6) is 0 Å². The molecule has 1 aromatic carbocycles. The molecule has 1 amide bonds. The predicted octanol–water partition coefficient (Wildman–Crippen LogP) is 1.88. The lowest BCUT2D eigenvalue weighted by Gasteiger charge is -2.21. The zero-order valence-electron chi connectivity index (χ0n) is 13.5. The molecule has 2 rings (SSSR count). The van der Waals surface area contributed by atoms with Crippen molar-refractivity contribution in [2.24, 2.45) is 0 Å². The highest BCUT2D eigenvalue weighted by Gasteiger charge is 2.41. The Balaban J connectivity index is 2.27. The van der Waals surface area contributed by atoms with E-state index in [1.165, 1.54) is 0 Å². The second-order valence-electron chi connectivity index (χ2n) is 5.49. The molecular formula is C16H16N2O5S2. The van der Waals surface area contributed by atoms with Crippen molar-refractivity contribution in [1.82, 2.24) is 4.90 Å². The van der Waals surface area contributed by atoms with Gasteiger partial charge >= 0.3 is 11.9 Å². The Labute approximate surface area is 153 Å². The predicted molar refractivity (Wildman–Crippen MR) is 99.5 cm³/mol. The van der Waals surface area contributed by atoms with Crippen LogP contribution in [0.4, 0.5) is 5.69 Å². The Morgan fingerprint density at radius 2 is 1.88 bits per heavy atom. The molecule has 132 valence electrons. The van der Waals surface area contributed by atoms with Crippen molar-refractivity contribution in [2.75, 3.05) is 19.0 Å². The van der Waals surface area contributed by atoms with Gasteiger partial charge in [-0.05, 0) is 23.8 Å². The van der Waals surface area contributed by atoms with Gasteiger partial charge in [0.2, 0.25) is 0 Å². The first-order valence-electron chi connectivity index (χ1n) is 7.19. The van der Waals surface area contributed by atoms with E-state index >= 15 is 0 Å². The van der Waals surface area contributed by atoms with E-state index in [-0.39, 0.29) is 9.23 Å². The molecule has 0 aromatic heterocycles. The first-order chi connectivity index (χ1) is 11.7. The molecule has 1 aliphatic rings. The molecule has 1 fully saturated rings. The van der Waals surface area contributed by atoms with Crippen LogP contribution in [0.25, 0.3) is 6.08 Å². The molecule has 1 heterocycles. The molecule has 0 spiro atoms. The Morgan fingerprint density at radius 1 is 1.28 bits per heavy atom. The maximum absolute atomic E-state index is 12.5. The first-order valence-corrected chi connectivity index (χ1v) is 8.42. The topological polar surface area (TPSA) is 98.2 Å². The fraction of sp³-hybridized carbons (Fsp3) is 0.250. The van der Waals surface area contributed by atoms with Crippen LogP contribution >= 0.6 is 24.0 Å². The Bertz CT molecular complexity index is 758. The zero-order chi connectivity index (χ0) is 18.7. The highest BCUT2D eigenvalue weighted by atomic mass is 32.2. The van der Waals surface area contributed by atoms with Gasteiger partial charge in [0, 0.05) is 19.8 Å². The van der Waals surface area contributed by atoms with Crippen LogP contribution < -0.4 is 4.90 Å². The summed E-state index contributed by atoms with van der Waals surface area (Å²) >= 11 is 6.04. The average Bonchev–Trinajstić information content (AvgIpc) is 2.79. The molecule has 0 radical (unpaired) electrons. The van der Waals surface area contributed by atoms with Crippen LogP contribution in [0.1, 0.15) is 12.0 Å². The van der Waals surface area contributed by atoms with Crippen molar-refractivity contribution in [3.8, 4) is 0 Å². The van der Waals surface area contributed by atoms with Gasteiger partial charge in [-0.3, -0.25) is 14.5 Å². The molecule has 2 N–H and O–H groups in total. The third-order valence-electron chi connectivity index (χ3n) is 3.50. The number of hydrogen-bond acceptors (Lipinski definition) is 6. The van der Waals surface area contributed by atoms with Gasteiger partial charge in [0.05, 0.1) is 11.3 Å². The van der Waals surface area contributed by atoms with E-state index in [1.54, 1.807) is 6.08 Å². The molecular weight excluding hydrogens is 364 g/mol. The lowest BCUT2D eigenvalue weighted by molar-refractivity contribution is -0.150. The van der Waals surface area contributed by atoms with Gasteiger partial charge in [-0.2, -0.15) is 0 Å². The van der Waals surface area contributed by atoms with E-state index in [0.29, 0.717) is 0 Å². The van der Waals surface area contributed by atoms with Crippen molar-refractivity contribution >= 4 is 57.9 Å². The molecule has 0 bridgehead atoms. The fourth-order valence-corrected chi connectivity index (χ4v) is 3.58. The maximum atomic E-state index is 12.5. The first kappa shape index (κ1) is 18.9. The zero-order valence-corrected chi connectivity index (χ0v) is 15.1. The van der Waals surface area contributed by atoms with Crippen molar-refractivity contribution in [3.05, 3.63) is 34.7 Å². The Kier molecular flexibility index (Phi) is 5.81. The molecule has 1 saturated heterocycles. The summed E-state index contributed by atoms with van der Waals surface area (Å²) in [6, 6.07) is 5.91. The normalized spacial score (nSPS) is 17.0. The number of thioether (sulfide) groups is 1. The summed E-state index contributed by atoms with van der Waals surface area (Å²) in [5.41, 5.74) is 1.76. The van der Waals surface area contributed by atoms with Crippen molar-refractivity contribution in [2.45, 2.75) is 12.5 Å². The van der Waals surface area contributed by atoms with Crippen molar-refractivity contribution in [3.63, 3.8) is 0 Å². The number of carbonyl (C=O) groups is 3. The summed E-state index contributed by atoms with van der Waals surface area (Å²) in [6.45, 7) is 0. The van der Waals surface area contributed by atoms with Crippen LogP contribution in [0.2, 0.25) is 0 Å². The summed E-state index contributed by atoms with van der Waals surface area (Å²) in [4.78, 5) is 37.8. The van der Waals surface area contributed by atoms with Crippen molar-refractivity contribution < 1.29 is 24.6 Å². The number of thiocarbonyl (C=S) groups is 1. The minimum Gasteiger partial charge on any atom is -0.481 e. The number of rotatable bonds is 6. The summed E-state index contributed by atoms with van der Waals surface area (Å²) in [5, 5.41) is 18.1. The largest absolute Gasteiger partial charge is 0.481 e. The molecule has 0 aliphatic carbocycles. The number of anilines is 1. The third kappa shape index (κ3) is 4.37. The lowest BCUT2D eigenvalue weighted by Crippen LogP contribution is -2.45. The number of benzene rings is 1. The highest BCUT2D eigenvalue weighted by Crippen LogP contribution is 2.34. The maximum Gasteiger partial charge on any atom is 0.327 e. The number of aliphatic carboxylic acids is 2. The SMILES string of the molecule is CN(C)c1ccc(/C=C2\SC(=S)N([C@@H](CC(=O)O)C(=O)O)C2=O)cc1. The number of amides is 1. The molecule has 7 nitrogen and oxygen atoms in total. The monoisotopic (exact) mass is 380 g/mol. The standard InChI is InChI=1S/C16H16N2O5S2/c1-17(2)10-5-3-9(4-6-10)7-12-14(21)18(16(24)25-12)11(15(22)23)8-13(19)20/h3-7,11H,8H2,1-2H3,(H,19,20)(H,22,23)/b12-7-/t11-/m0/s1. The lowest BCUT2D eigenvalue weighted by atomic mass is 10.1. The van der Waals surface area contributed by atoms with E-state index in [1.807, 2.05) is 43.3 Å². The molecule has 0 saturated carbocycles. The number of hydrogen-bond donors (Lipinski definition) is 2. The minimum atomic E-state index is -1.52. The fourth-order valence-electron chi connectivity index (χ4n) is 2.22. The summed E-state index contributed by atoms with van der Waals surface area (Å²) < 4.78 is 0.0369. The third-order valence-corrected chi connectivity index (χ3v) is 4.83. The van der Waals surface area contributed by atoms with Crippen LogP contribution in [-0.2, 0) is 14.4 Å². The van der Waals surface area contributed by atoms with E-state index < -0.39 is 30.3 Å². The number of nitrogens with zero attached hydrogens (tertiary/aromatic N) is 2. The second kappa shape index (κ2) is 7.66. The smallest absolute Gasteiger partial charge is 0.327 e. The summed E-state index contributed by atoms with van der Waals surface area (Å²) in [7, 11) is 3.82. The molecule has 1 aromatic rings. The van der Waals surface area contributed by atoms with Crippen LogP contribution in [0, 0.1) is 0 Å². The van der Waals surface area contributed by atoms with Crippen LogP contribution in [-0.4, -0.2) is 57.4 Å². The number of carbonyl (C=O) groups excluding carboxylic acids is 1. The minimum absolute atomic E-state index is 0.0369. The van der Waals surface area contributed by atoms with Gasteiger partial charge < -0.3 is 15.1 Å². The second-order valence-corrected chi connectivity index (χ2v) is 7.17. The van der Waals surface area contributed by atoms with E-state index in [9.17, 15) is 19.5 Å². The Morgan fingerprint density at radius 3 is 2.36 bits per heavy atom. The van der Waals surface area contributed by atoms with E-state index in [2.05, 4.69) is 0 Å². The van der Waals surface area contributed by atoms with E-state index in [4.69, 9.17) is 17.3 Å². The van der Waals surface area contributed by atoms with Gasteiger partial charge in [0.1, 0.15) is 10.4 Å². The van der Waals surface area contributed by atoms with Gasteiger partial charge in [0.15, 0.2) is 0 Å². The molecule has 9 heteroatoms.